The fourth-order valence-electron chi connectivity index (χ4n) is 2.18. The SMILES string of the molecule is FC(F)(F)[C@@H]1C=Cc2cc(Cl)c(-c3ccccc3)cc2O1. The number of hydrogen-bond acceptors (Lipinski definition) is 1. The van der Waals surface area contributed by atoms with E-state index < -0.39 is 12.3 Å². The average Bonchev–Trinajstić information content (AvgIpc) is 2.46. The summed E-state index contributed by atoms with van der Waals surface area (Å²) in [6.07, 6.45) is -3.98. The number of alkyl halides is 3. The summed E-state index contributed by atoms with van der Waals surface area (Å²) >= 11 is 6.21. The Labute approximate surface area is 124 Å². The highest BCUT2D eigenvalue weighted by Crippen LogP contribution is 2.39. The Bertz CT molecular complexity index is 693. The predicted molar refractivity (Wildman–Crippen MR) is 76.4 cm³/mol. The van der Waals surface area contributed by atoms with Crippen LogP contribution < -0.4 is 4.74 Å². The summed E-state index contributed by atoms with van der Waals surface area (Å²) in [6, 6.07) is 12.4. The molecule has 0 amide bonds. The molecule has 2 aromatic rings. The van der Waals surface area contributed by atoms with E-state index in [4.69, 9.17) is 16.3 Å². The minimum absolute atomic E-state index is 0.183. The highest BCUT2D eigenvalue weighted by atomic mass is 35.5. The van der Waals surface area contributed by atoms with Crippen LogP contribution in [0.2, 0.25) is 5.02 Å². The average molecular weight is 311 g/mol. The molecule has 1 aliphatic rings. The lowest BCUT2D eigenvalue weighted by molar-refractivity contribution is -0.180. The predicted octanol–water partition coefficient (Wildman–Crippen LogP) is 5.34. The first-order valence-corrected chi connectivity index (χ1v) is 6.63. The van der Waals surface area contributed by atoms with Crippen LogP contribution in [0.4, 0.5) is 13.2 Å². The smallest absolute Gasteiger partial charge is 0.429 e. The third-order valence-corrected chi connectivity index (χ3v) is 3.52. The van der Waals surface area contributed by atoms with Gasteiger partial charge in [0, 0.05) is 16.1 Å². The van der Waals surface area contributed by atoms with E-state index in [9.17, 15) is 13.2 Å². The van der Waals surface area contributed by atoms with Crippen molar-refractivity contribution in [1.29, 1.82) is 0 Å². The van der Waals surface area contributed by atoms with Gasteiger partial charge in [-0.15, -0.1) is 0 Å². The van der Waals surface area contributed by atoms with E-state index in [1.807, 2.05) is 30.3 Å². The van der Waals surface area contributed by atoms with Gasteiger partial charge in [-0.2, -0.15) is 13.2 Å². The minimum Gasteiger partial charge on any atom is -0.476 e. The van der Waals surface area contributed by atoms with E-state index in [1.165, 1.54) is 6.08 Å². The van der Waals surface area contributed by atoms with Gasteiger partial charge in [-0.1, -0.05) is 48.0 Å². The van der Waals surface area contributed by atoms with Gasteiger partial charge in [-0.25, -0.2) is 0 Å². The summed E-state index contributed by atoms with van der Waals surface area (Å²) in [5.74, 6) is 0.183. The van der Waals surface area contributed by atoms with Crippen LogP contribution in [0.25, 0.3) is 17.2 Å². The molecule has 1 atom stereocenters. The Morgan fingerprint density at radius 3 is 2.43 bits per heavy atom. The lowest BCUT2D eigenvalue weighted by atomic mass is 10.0. The highest BCUT2D eigenvalue weighted by Gasteiger charge is 2.41. The monoisotopic (exact) mass is 310 g/mol. The number of fused-ring (bicyclic) bond motifs is 1. The van der Waals surface area contributed by atoms with Gasteiger partial charge >= 0.3 is 6.18 Å². The number of hydrogen-bond donors (Lipinski definition) is 0. The topological polar surface area (TPSA) is 9.23 Å². The van der Waals surface area contributed by atoms with E-state index >= 15 is 0 Å². The molecule has 1 aliphatic heterocycles. The highest BCUT2D eigenvalue weighted by molar-refractivity contribution is 6.33. The van der Waals surface area contributed by atoms with Gasteiger partial charge in [0.05, 0.1) is 0 Å². The van der Waals surface area contributed by atoms with E-state index in [0.717, 1.165) is 11.6 Å². The lowest BCUT2D eigenvalue weighted by Gasteiger charge is -2.24. The molecule has 0 radical (unpaired) electrons. The van der Waals surface area contributed by atoms with Crippen LogP contribution in [0.3, 0.4) is 0 Å². The van der Waals surface area contributed by atoms with Crippen molar-refractivity contribution in [3.8, 4) is 16.9 Å². The molecule has 0 spiro atoms. The van der Waals surface area contributed by atoms with Crippen molar-refractivity contribution in [1.82, 2.24) is 0 Å². The number of rotatable bonds is 1. The quantitative estimate of drug-likeness (QED) is 0.690. The molecule has 0 N–H and O–H groups in total. The van der Waals surface area contributed by atoms with Crippen molar-refractivity contribution in [2.45, 2.75) is 12.3 Å². The Balaban J connectivity index is 2.04. The summed E-state index contributed by atoms with van der Waals surface area (Å²) in [5, 5.41) is 0.471. The molecular formula is C16H10ClF3O. The van der Waals surface area contributed by atoms with E-state index in [2.05, 4.69) is 0 Å². The zero-order valence-electron chi connectivity index (χ0n) is 10.7. The van der Waals surface area contributed by atoms with Crippen molar-refractivity contribution < 1.29 is 17.9 Å². The third kappa shape index (κ3) is 2.76. The van der Waals surface area contributed by atoms with Crippen molar-refractivity contribution in [2.24, 2.45) is 0 Å². The van der Waals surface area contributed by atoms with Gasteiger partial charge in [-0.3, -0.25) is 0 Å². The van der Waals surface area contributed by atoms with Gasteiger partial charge in [0.1, 0.15) is 5.75 Å². The van der Waals surface area contributed by atoms with Gasteiger partial charge in [-0.05, 0) is 23.8 Å². The summed E-state index contributed by atoms with van der Waals surface area (Å²) < 4.78 is 43.3. The fourth-order valence-corrected chi connectivity index (χ4v) is 2.46. The summed E-state index contributed by atoms with van der Waals surface area (Å²) in [5.41, 5.74) is 2.01. The van der Waals surface area contributed by atoms with Gasteiger partial charge in [0.25, 0.3) is 0 Å². The second-order valence-corrected chi connectivity index (χ2v) is 5.08. The zero-order chi connectivity index (χ0) is 15.0. The van der Waals surface area contributed by atoms with Gasteiger partial charge in [0.2, 0.25) is 6.10 Å². The lowest BCUT2D eigenvalue weighted by Crippen LogP contribution is -2.33. The molecule has 0 saturated heterocycles. The normalized spacial score (nSPS) is 17.2. The van der Waals surface area contributed by atoms with Crippen molar-refractivity contribution in [3.05, 3.63) is 59.1 Å². The molecule has 0 bridgehead atoms. The Kier molecular flexibility index (Phi) is 3.41. The minimum atomic E-state index is -4.43. The van der Waals surface area contributed by atoms with Crippen LogP contribution in [-0.2, 0) is 0 Å². The maximum absolute atomic E-state index is 12.7. The third-order valence-electron chi connectivity index (χ3n) is 3.21. The first kappa shape index (κ1) is 14.0. The second kappa shape index (κ2) is 5.11. The van der Waals surface area contributed by atoms with E-state index in [1.54, 1.807) is 12.1 Å². The largest absolute Gasteiger partial charge is 0.476 e. The van der Waals surface area contributed by atoms with Crippen molar-refractivity contribution in [2.75, 3.05) is 0 Å². The Morgan fingerprint density at radius 2 is 1.76 bits per heavy atom. The molecule has 5 heteroatoms. The molecule has 0 saturated carbocycles. The van der Waals surface area contributed by atoms with Crippen LogP contribution in [0.15, 0.2) is 48.5 Å². The maximum Gasteiger partial charge on any atom is 0.429 e. The van der Waals surface area contributed by atoms with Crippen LogP contribution in [-0.4, -0.2) is 12.3 Å². The number of benzene rings is 2. The first-order valence-electron chi connectivity index (χ1n) is 6.26. The second-order valence-electron chi connectivity index (χ2n) is 4.68. The summed E-state index contributed by atoms with van der Waals surface area (Å²) in [6.45, 7) is 0. The number of halogens is 4. The molecule has 0 fully saturated rings. The first-order chi connectivity index (χ1) is 9.95. The van der Waals surface area contributed by atoms with Crippen molar-refractivity contribution >= 4 is 17.7 Å². The summed E-state index contributed by atoms with van der Waals surface area (Å²) in [7, 11) is 0. The molecule has 108 valence electrons. The fraction of sp³-hybridized carbons (Fsp3) is 0.125. The molecule has 0 aromatic heterocycles. The number of ether oxygens (including phenoxy) is 1. The van der Waals surface area contributed by atoms with Gasteiger partial charge < -0.3 is 4.74 Å². The molecule has 3 rings (SSSR count). The molecule has 0 aliphatic carbocycles. The van der Waals surface area contributed by atoms with E-state index in [-0.39, 0.29) is 5.75 Å². The molecule has 2 aromatic carbocycles. The molecule has 0 unspecified atom stereocenters. The van der Waals surface area contributed by atoms with Crippen LogP contribution in [0.5, 0.6) is 5.75 Å². The van der Waals surface area contributed by atoms with Crippen LogP contribution >= 0.6 is 11.6 Å². The molecular weight excluding hydrogens is 301 g/mol. The molecule has 1 nitrogen and oxygen atoms in total. The maximum atomic E-state index is 12.7. The Morgan fingerprint density at radius 1 is 1.05 bits per heavy atom. The molecule has 1 heterocycles. The standard InChI is InChI=1S/C16H10ClF3O/c17-13-8-11-6-7-15(16(18,19)20)21-14(11)9-12(13)10-4-2-1-3-5-10/h1-9,15H/t15-/m0/s1. The van der Waals surface area contributed by atoms with Crippen LogP contribution in [0, 0.1) is 0 Å². The Hall–Kier alpha value is -1.94. The summed E-state index contributed by atoms with van der Waals surface area (Å²) in [4.78, 5) is 0. The van der Waals surface area contributed by atoms with E-state index in [0.29, 0.717) is 16.1 Å². The van der Waals surface area contributed by atoms with Crippen molar-refractivity contribution in [3.63, 3.8) is 0 Å². The van der Waals surface area contributed by atoms with Gasteiger partial charge in [0.15, 0.2) is 0 Å². The molecule has 21 heavy (non-hydrogen) atoms. The zero-order valence-corrected chi connectivity index (χ0v) is 11.4. The van der Waals surface area contributed by atoms with Crippen LogP contribution in [0.1, 0.15) is 5.56 Å².